The fourth-order valence-corrected chi connectivity index (χ4v) is 2.20. The first-order valence-electron chi connectivity index (χ1n) is 7.20. The average Bonchev–Trinajstić information content (AvgIpc) is 3.09. The molecule has 0 unspecified atom stereocenters. The Balaban J connectivity index is 2.70. The minimum atomic E-state index is -6.49. The summed E-state index contributed by atoms with van der Waals surface area (Å²) in [7, 11) is 0.857. The number of aromatic nitrogens is 4. The molecule has 0 bridgehead atoms. The molecule has 0 amide bonds. The van der Waals surface area contributed by atoms with E-state index in [2.05, 4.69) is 10.2 Å². The number of hydrogen-bond acceptors (Lipinski definition) is 2. The zero-order chi connectivity index (χ0) is 23.5. The van der Waals surface area contributed by atoms with Crippen molar-refractivity contribution < 1.29 is 57.1 Å². The lowest BCUT2D eigenvalue weighted by Crippen LogP contribution is -2.36. The molecule has 0 aliphatic carbocycles. The maximum absolute atomic E-state index is 13.7. The van der Waals surface area contributed by atoms with E-state index < -0.39 is 70.3 Å². The number of halogens is 13. The molecule has 0 N–H and O–H groups in total. The zero-order valence-corrected chi connectivity index (χ0v) is 14.0. The first kappa shape index (κ1) is 23.8. The van der Waals surface area contributed by atoms with E-state index in [1.165, 1.54) is 0 Å². The summed E-state index contributed by atoms with van der Waals surface area (Å²) in [4.78, 5) is 0. The number of alkyl halides is 13. The maximum atomic E-state index is 13.7. The molecule has 0 saturated heterocycles. The van der Waals surface area contributed by atoms with E-state index in [4.69, 9.17) is 0 Å². The fourth-order valence-electron chi connectivity index (χ4n) is 2.20. The standard InChI is InChI=1S/C13H6F13N4/c1-29-3-5(11(18,19)20)6(27-29)4-30-8(10(16,17)13(24,25)26)2-7(28-30)9(14,15)12(21,22)23/h2H,4H2,1H3. The Morgan fingerprint density at radius 1 is 0.800 bits per heavy atom. The molecule has 30 heavy (non-hydrogen) atoms. The van der Waals surface area contributed by atoms with Gasteiger partial charge in [-0.15, -0.1) is 0 Å². The van der Waals surface area contributed by atoms with Crippen molar-refractivity contribution in [2.75, 3.05) is 0 Å². The van der Waals surface area contributed by atoms with Crippen molar-refractivity contribution in [1.82, 2.24) is 19.6 Å². The van der Waals surface area contributed by atoms with Crippen LogP contribution in [0.3, 0.4) is 0 Å². The van der Waals surface area contributed by atoms with Crippen LogP contribution in [0, 0.1) is 6.20 Å². The molecule has 0 saturated carbocycles. The summed E-state index contributed by atoms with van der Waals surface area (Å²) in [6.07, 6.45) is -16.6. The zero-order valence-electron chi connectivity index (χ0n) is 14.0. The van der Waals surface area contributed by atoms with Gasteiger partial charge in [0.1, 0.15) is 17.0 Å². The lowest BCUT2D eigenvalue weighted by molar-refractivity contribution is -0.292. The summed E-state index contributed by atoms with van der Waals surface area (Å²) >= 11 is 0. The monoisotopic (exact) mass is 465 g/mol. The van der Waals surface area contributed by atoms with Crippen molar-refractivity contribution in [2.24, 2.45) is 7.05 Å². The summed E-state index contributed by atoms with van der Waals surface area (Å²) in [6.45, 7) is -1.73. The summed E-state index contributed by atoms with van der Waals surface area (Å²) in [5.74, 6) is -12.0. The Bertz CT molecular complexity index is 913. The Morgan fingerprint density at radius 3 is 1.73 bits per heavy atom. The molecule has 0 atom stereocenters. The predicted molar refractivity (Wildman–Crippen MR) is 68.3 cm³/mol. The predicted octanol–water partition coefficient (Wildman–Crippen LogP) is 4.79. The molecule has 0 aromatic carbocycles. The van der Waals surface area contributed by atoms with Crippen molar-refractivity contribution in [2.45, 2.75) is 36.9 Å². The van der Waals surface area contributed by atoms with E-state index in [9.17, 15) is 57.1 Å². The molecule has 0 aliphatic rings. The van der Waals surface area contributed by atoms with Crippen LogP contribution in [-0.4, -0.2) is 31.9 Å². The lowest BCUT2D eigenvalue weighted by atomic mass is 10.1. The molecule has 2 aromatic rings. The van der Waals surface area contributed by atoms with Gasteiger partial charge in [-0.3, -0.25) is 9.36 Å². The molecule has 2 rings (SSSR count). The van der Waals surface area contributed by atoms with Crippen LogP contribution >= 0.6 is 0 Å². The van der Waals surface area contributed by atoms with Crippen LogP contribution in [0.15, 0.2) is 6.07 Å². The third-order valence-electron chi connectivity index (χ3n) is 3.55. The molecular formula is C13H6F13N4. The summed E-state index contributed by atoms with van der Waals surface area (Å²) < 4.78 is 168. The van der Waals surface area contributed by atoms with Crippen molar-refractivity contribution in [1.29, 1.82) is 0 Å². The second-order valence-electron chi connectivity index (χ2n) is 5.77. The van der Waals surface area contributed by atoms with Crippen LogP contribution in [0.2, 0.25) is 0 Å². The largest absolute Gasteiger partial charge is 0.459 e. The Kier molecular flexibility index (Phi) is 5.36. The van der Waals surface area contributed by atoms with Crippen molar-refractivity contribution in [3.63, 3.8) is 0 Å². The van der Waals surface area contributed by atoms with E-state index >= 15 is 0 Å². The first-order chi connectivity index (χ1) is 13.2. The van der Waals surface area contributed by atoms with Crippen LogP contribution in [0.1, 0.15) is 22.6 Å². The van der Waals surface area contributed by atoms with Gasteiger partial charge < -0.3 is 0 Å². The molecule has 0 fully saturated rings. The van der Waals surface area contributed by atoms with Crippen LogP contribution in [0.25, 0.3) is 0 Å². The van der Waals surface area contributed by atoms with Gasteiger partial charge in [0.25, 0.3) is 0 Å². The quantitative estimate of drug-likeness (QED) is 0.609. The number of rotatable bonds is 4. The van der Waals surface area contributed by atoms with Gasteiger partial charge in [-0.05, 0) is 6.07 Å². The van der Waals surface area contributed by atoms with E-state index in [0.29, 0.717) is 4.68 Å². The summed E-state index contributed by atoms with van der Waals surface area (Å²) in [5, 5.41) is 5.51. The Labute approximate surface area is 156 Å². The minimum absolute atomic E-state index is 0.356. The lowest BCUT2D eigenvalue weighted by Gasteiger charge is -2.20. The van der Waals surface area contributed by atoms with Gasteiger partial charge >= 0.3 is 30.4 Å². The molecule has 2 heterocycles. The van der Waals surface area contributed by atoms with Crippen LogP contribution in [0.5, 0.6) is 0 Å². The van der Waals surface area contributed by atoms with Crippen LogP contribution in [-0.2, 0) is 31.6 Å². The van der Waals surface area contributed by atoms with Crippen molar-refractivity contribution in [3.05, 3.63) is 34.9 Å². The highest BCUT2D eigenvalue weighted by atomic mass is 19.4. The highest BCUT2D eigenvalue weighted by Gasteiger charge is 2.64. The van der Waals surface area contributed by atoms with Crippen LogP contribution in [0.4, 0.5) is 57.1 Å². The first-order valence-corrected chi connectivity index (χ1v) is 7.20. The smallest absolute Gasteiger partial charge is 0.265 e. The summed E-state index contributed by atoms with van der Waals surface area (Å²) in [6, 6.07) is -0.874. The van der Waals surface area contributed by atoms with Gasteiger partial charge in [0.2, 0.25) is 0 Å². The number of nitrogens with zero attached hydrogens (tertiary/aromatic N) is 4. The molecule has 17 heteroatoms. The SMILES string of the molecule is Cn1[c]c(C(F)(F)F)c(Cn2nc(C(F)(F)C(F)(F)F)cc2C(F)(F)C(F)(F)F)n1. The van der Waals surface area contributed by atoms with Gasteiger partial charge in [0.15, 0.2) is 0 Å². The van der Waals surface area contributed by atoms with Crippen molar-refractivity contribution >= 4 is 0 Å². The van der Waals surface area contributed by atoms with Crippen LogP contribution < -0.4 is 0 Å². The Hall–Kier alpha value is -2.49. The topological polar surface area (TPSA) is 35.6 Å². The molecule has 0 aliphatic heterocycles. The van der Waals surface area contributed by atoms with Gasteiger partial charge in [-0.2, -0.15) is 67.3 Å². The minimum Gasteiger partial charge on any atom is -0.265 e. The molecule has 1 radical (unpaired) electrons. The second-order valence-corrected chi connectivity index (χ2v) is 5.77. The average molecular weight is 465 g/mol. The molecule has 169 valence electrons. The molecule has 2 aromatic heterocycles. The maximum Gasteiger partial charge on any atom is 0.459 e. The Morgan fingerprint density at radius 2 is 1.30 bits per heavy atom. The van der Waals surface area contributed by atoms with Gasteiger partial charge in [-0.25, -0.2) is 0 Å². The van der Waals surface area contributed by atoms with E-state index in [1.807, 2.05) is 0 Å². The van der Waals surface area contributed by atoms with E-state index in [-0.39, 0.29) is 0 Å². The fraction of sp³-hybridized carbons (Fsp3) is 0.538. The van der Waals surface area contributed by atoms with Gasteiger partial charge in [-0.1, -0.05) is 0 Å². The highest BCUT2D eigenvalue weighted by molar-refractivity contribution is 5.25. The second kappa shape index (κ2) is 6.76. The molecular weight excluding hydrogens is 459 g/mol. The molecule has 4 nitrogen and oxygen atoms in total. The van der Waals surface area contributed by atoms with Gasteiger partial charge in [0.05, 0.1) is 18.4 Å². The van der Waals surface area contributed by atoms with E-state index in [1.54, 1.807) is 6.20 Å². The third kappa shape index (κ3) is 4.05. The third-order valence-corrected chi connectivity index (χ3v) is 3.55. The number of hydrogen-bond donors (Lipinski definition) is 0. The molecule has 0 spiro atoms. The highest BCUT2D eigenvalue weighted by Crippen LogP contribution is 2.48. The number of aryl methyl sites for hydroxylation is 1. The van der Waals surface area contributed by atoms with E-state index in [0.717, 1.165) is 7.05 Å². The van der Waals surface area contributed by atoms with Gasteiger partial charge in [0, 0.05) is 7.05 Å². The van der Waals surface area contributed by atoms with Crippen molar-refractivity contribution in [3.8, 4) is 0 Å². The summed E-state index contributed by atoms with van der Waals surface area (Å²) in [5.41, 5.74) is -8.17. The normalized spacial score (nSPS) is 14.5.